The normalized spacial score (nSPS) is 22.6. The molecule has 0 aliphatic heterocycles. The zero-order valence-electron chi connectivity index (χ0n) is 11.5. The lowest BCUT2D eigenvalue weighted by Crippen LogP contribution is -2.39. The molecule has 1 aliphatic rings. The van der Waals surface area contributed by atoms with Crippen LogP contribution in [0.2, 0.25) is 0 Å². The summed E-state index contributed by atoms with van der Waals surface area (Å²) < 4.78 is 39.9. The van der Waals surface area contributed by atoms with Gasteiger partial charge in [0.05, 0.1) is 0 Å². The van der Waals surface area contributed by atoms with E-state index in [0.717, 1.165) is 25.7 Å². The summed E-state index contributed by atoms with van der Waals surface area (Å²) in [5.41, 5.74) is 1.27. The fraction of sp³-hybridized carbons (Fsp3) is 0.533. The predicted octanol–water partition coefficient (Wildman–Crippen LogP) is 4.00. The molecule has 0 aromatic heterocycles. The van der Waals surface area contributed by atoms with E-state index in [1.54, 1.807) is 0 Å². The Kier molecular flexibility index (Phi) is 5.09. The molecule has 1 N–H and O–H groups in total. The first-order valence-electron chi connectivity index (χ1n) is 6.99. The summed E-state index contributed by atoms with van der Waals surface area (Å²) in [4.78, 5) is 11.3. The van der Waals surface area contributed by atoms with Gasteiger partial charge in [0.25, 0.3) is 0 Å². The second kappa shape index (κ2) is 6.83. The molecule has 0 unspecified atom stereocenters. The average molecular weight is 301 g/mol. The number of amides is 1. The number of alkyl carbamates (subject to hydrolysis) is 1. The Bertz CT molecular complexity index is 454. The molecule has 1 aromatic carbocycles. The summed E-state index contributed by atoms with van der Waals surface area (Å²) in [7, 11) is 0. The van der Waals surface area contributed by atoms with Gasteiger partial charge in [-0.3, -0.25) is 0 Å². The van der Waals surface area contributed by atoms with E-state index in [2.05, 4.69) is 22.2 Å². The number of hydrogen-bond acceptors (Lipinski definition) is 2. The van der Waals surface area contributed by atoms with Crippen LogP contribution in [0.4, 0.5) is 18.0 Å². The first kappa shape index (κ1) is 15.7. The van der Waals surface area contributed by atoms with Crippen LogP contribution in [0, 0.1) is 0 Å². The Morgan fingerprint density at radius 3 is 2.33 bits per heavy atom. The molecule has 1 aromatic rings. The minimum absolute atomic E-state index is 0.106. The van der Waals surface area contributed by atoms with E-state index in [4.69, 9.17) is 0 Å². The van der Waals surface area contributed by atoms with Gasteiger partial charge in [0, 0.05) is 6.04 Å². The molecule has 1 saturated carbocycles. The van der Waals surface area contributed by atoms with E-state index < -0.39 is 18.9 Å². The van der Waals surface area contributed by atoms with Crippen molar-refractivity contribution < 1.29 is 22.7 Å². The molecule has 0 bridgehead atoms. The number of rotatable bonds is 3. The summed E-state index contributed by atoms with van der Waals surface area (Å²) in [6, 6.07) is 10.0. The maximum Gasteiger partial charge on any atom is 0.422 e. The highest BCUT2D eigenvalue weighted by Gasteiger charge is 2.30. The van der Waals surface area contributed by atoms with E-state index in [1.807, 2.05) is 18.2 Å². The van der Waals surface area contributed by atoms with Crippen LogP contribution in [-0.4, -0.2) is 24.9 Å². The number of hydrogen-bond donors (Lipinski definition) is 1. The third-order valence-corrected chi connectivity index (χ3v) is 3.69. The van der Waals surface area contributed by atoms with Crippen molar-refractivity contribution in [3.63, 3.8) is 0 Å². The first-order valence-corrected chi connectivity index (χ1v) is 6.99. The van der Waals surface area contributed by atoms with Crippen molar-refractivity contribution in [2.24, 2.45) is 0 Å². The monoisotopic (exact) mass is 301 g/mol. The van der Waals surface area contributed by atoms with Crippen LogP contribution in [0.25, 0.3) is 0 Å². The Balaban J connectivity index is 1.73. The van der Waals surface area contributed by atoms with Crippen LogP contribution < -0.4 is 5.32 Å². The molecule has 116 valence electrons. The van der Waals surface area contributed by atoms with E-state index in [9.17, 15) is 18.0 Å². The molecule has 3 nitrogen and oxygen atoms in total. The number of alkyl halides is 3. The molecule has 1 fully saturated rings. The molecule has 21 heavy (non-hydrogen) atoms. The van der Waals surface area contributed by atoms with Gasteiger partial charge in [-0.15, -0.1) is 0 Å². The van der Waals surface area contributed by atoms with Crippen LogP contribution in [0.15, 0.2) is 30.3 Å². The number of nitrogens with one attached hydrogen (secondary N) is 1. The molecule has 6 heteroatoms. The first-order chi connectivity index (χ1) is 9.94. The fourth-order valence-corrected chi connectivity index (χ4v) is 2.65. The second-order valence-corrected chi connectivity index (χ2v) is 5.29. The predicted molar refractivity (Wildman–Crippen MR) is 72.0 cm³/mol. The summed E-state index contributed by atoms with van der Waals surface area (Å²) in [6.45, 7) is -1.54. The molecule has 0 atom stereocenters. The Morgan fingerprint density at radius 1 is 1.14 bits per heavy atom. The van der Waals surface area contributed by atoms with Crippen molar-refractivity contribution in [2.45, 2.75) is 43.8 Å². The van der Waals surface area contributed by atoms with Crippen molar-refractivity contribution in [1.82, 2.24) is 5.32 Å². The molecule has 0 heterocycles. The lowest BCUT2D eigenvalue weighted by atomic mass is 9.82. The van der Waals surface area contributed by atoms with Crippen LogP contribution in [0.1, 0.15) is 37.2 Å². The van der Waals surface area contributed by atoms with Gasteiger partial charge in [-0.2, -0.15) is 13.2 Å². The van der Waals surface area contributed by atoms with Crippen molar-refractivity contribution >= 4 is 6.09 Å². The highest BCUT2D eigenvalue weighted by atomic mass is 19.4. The SMILES string of the molecule is O=C(NC1CCC(c2ccccc2)CC1)OCC(F)(F)F. The van der Waals surface area contributed by atoms with Crippen LogP contribution in [0.5, 0.6) is 0 Å². The highest BCUT2D eigenvalue weighted by molar-refractivity contribution is 5.67. The van der Waals surface area contributed by atoms with E-state index >= 15 is 0 Å². The van der Waals surface area contributed by atoms with E-state index in [0.29, 0.717) is 5.92 Å². The smallest absolute Gasteiger partial charge is 0.422 e. The zero-order chi connectivity index (χ0) is 15.3. The summed E-state index contributed by atoms with van der Waals surface area (Å²) in [5.74, 6) is 0.454. The maximum atomic E-state index is 11.9. The van der Waals surface area contributed by atoms with Crippen molar-refractivity contribution in [1.29, 1.82) is 0 Å². The van der Waals surface area contributed by atoms with Gasteiger partial charge in [-0.05, 0) is 37.2 Å². The Morgan fingerprint density at radius 2 is 1.76 bits per heavy atom. The van der Waals surface area contributed by atoms with E-state index in [-0.39, 0.29) is 6.04 Å². The fourth-order valence-electron chi connectivity index (χ4n) is 2.65. The molecule has 1 aliphatic carbocycles. The minimum atomic E-state index is -4.48. The molecule has 2 rings (SSSR count). The standard InChI is InChI=1S/C15H18F3NO2/c16-15(17,18)10-21-14(20)19-13-8-6-12(7-9-13)11-4-2-1-3-5-11/h1-5,12-13H,6-10H2,(H,19,20). The summed E-state index contributed by atoms with van der Waals surface area (Å²) >= 11 is 0. The van der Waals surface area contributed by atoms with Crippen LogP contribution in [-0.2, 0) is 4.74 Å². The quantitative estimate of drug-likeness (QED) is 0.916. The summed E-state index contributed by atoms with van der Waals surface area (Å²) in [5, 5.41) is 2.50. The molecule has 0 radical (unpaired) electrons. The number of halogens is 3. The number of ether oxygens (including phenoxy) is 1. The average Bonchev–Trinajstić information content (AvgIpc) is 2.46. The second-order valence-electron chi connectivity index (χ2n) is 5.29. The van der Waals surface area contributed by atoms with Crippen molar-refractivity contribution in [3.8, 4) is 0 Å². The largest absolute Gasteiger partial charge is 0.440 e. The summed E-state index contributed by atoms with van der Waals surface area (Å²) in [6.07, 6.45) is -2.15. The lowest BCUT2D eigenvalue weighted by Gasteiger charge is -2.29. The lowest BCUT2D eigenvalue weighted by molar-refractivity contribution is -0.160. The molecular weight excluding hydrogens is 283 g/mol. The molecule has 0 spiro atoms. The van der Waals surface area contributed by atoms with E-state index in [1.165, 1.54) is 5.56 Å². The van der Waals surface area contributed by atoms with Gasteiger partial charge >= 0.3 is 12.3 Å². The van der Waals surface area contributed by atoms with Gasteiger partial charge in [0.2, 0.25) is 0 Å². The third kappa shape index (κ3) is 5.28. The highest BCUT2D eigenvalue weighted by Crippen LogP contribution is 2.32. The molecule has 1 amide bonds. The topological polar surface area (TPSA) is 38.3 Å². The van der Waals surface area contributed by atoms with Crippen LogP contribution >= 0.6 is 0 Å². The molecule has 0 saturated heterocycles. The van der Waals surface area contributed by atoms with Gasteiger partial charge in [-0.1, -0.05) is 30.3 Å². The minimum Gasteiger partial charge on any atom is -0.440 e. The third-order valence-electron chi connectivity index (χ3n) is 3.69. The van der Waals surface area contributed by atoms with Gasteiger partial charge in [-0.25, -0.2) is 4.79 Å². The number of benzene rings is 1. The number of carbonyl (C=O) groups is 1. The Hall–Kier alpha value is -1.72. The van der Waals surface area contributed by atoms with Crippen molar-refractivity contribution in [3.05, 3.63) is 35.9 Å². The maximum absolute atomic E-state index is 11.9. The van der Waals surface area contributed by atoms with Crippen LogP contribution in [0.3, 0.4) is 0 Å². The number of carbonyl (C=O) groups excluding carboxylic acids is 1. The van der Waals surface area contributed by atoms with Gasteiger partial charge in [0.15, 0.2) is 6.61 Å². The molecular formula is C15H18F3NO2. The van der Waals surface area contributed by atoms with Crippen molar-refractivity contribution in [2.75, 3.05) is 6.61 Å². The van der Waals surface area contributed by atoms with Gasteiger partial charge in [0.1, 0.15) is 0 Å². The van der Waals surface area contributed by atoms with Gasteiger partial charge < -0.3 is 10.1 Å². The Labute approximate surface area is 121 Å². The zero-order valence-corrected chi connectivity index (χ0v) is 11.5.